The molecule has 4 heteroatoms. The van der Waals surface area contributed by atoms with Crippen LogP contribution in [0.4, 0.5) is 0 Å². The Morgan fingerprint density at radius 1 is 1.62 bits per heavy atom. The number of nitrogens with zero attached hydrogens (tertiary/aromatic N) is 1. The Kier molecular flexibility index (Phi) is 4.26. The Labute approximate surface area is 65.8 Å². The van der Waals surface area contributed by atoms with Crippen LogP contribution in [0.3, 0.4) is 0 Å². The third kappa shape index (κ3) is 3.84. The molecule has 1 unspecified atom stereocenters. The molecular weight excluding hydrogens is 165 g/mol. The van der Waals surface area contributed by atoms with E-state index in [4.69, 9.17) is 36.2 Å². The zero-order valence-corrected chi connectivity index (χ0v) is 7.06. The largest absolute Gasteiger partial charge is 0.472 e. The topological polar surface area (TPSA) is 0 Å². The van der Waals surface area contributed by atoms with Gasteiger partial charge < -0.3 is 16.2 Å². The van der Waals surface area contributed by atoms with Crippen LogP contribution in [0, 0.1) is 0 Å². The smallest absolute Gasteiger partial charge is 0.144 e. The number of halogens is 2. The van der Waals surface area contributed by atoms with Gasteiger partial charge in [0.2, 0.25) is 0 Å². The van der Waals surface area contributed by atoms with Gasteiger partial charge in [-0.25, -0.2) is 0 Å². The standard InChI is InChI=1S/C4H9Cl2NS/c1-2-7(6,8)4-3-5/h2-4H2,1H3. The summed E-state index contributed by atoms with van der Waals surface area (Å²) in [5, 5.41) is 0. The van der Waals surface area contributed by atoms with Gasteiger partial charge in [-0.2, -0.15) is 0 Å². The minimum Gasteiger partial charge on any atom is -0.472 e. The van der Waals surface area contributed by atoms with Gasteiger partial charge in [0.05, 0.1) is 19.0 Å². The van der Waals surface area contributed by atoms with Crippen LogP contribution >= 0.6 is 23.4 Å². The van der Waals surface area contributed by atoms with Gasteiger partial charge in [-0.1, -0.05) is 0 Å². The number of quaternary nitrogens is 1. The molecular formula is C4H9Cl2NS. The maximum absolute atomic E-state index is 5.69. The summed E-state index contributed by atoms with van der Waals surface area (Å²) >= 11 is 15.9. The maximum atomic E-state index is 5.69. The molecule has 1 atom stereocenters. The Hall–Kier alpha value is 0.890. The van der Waals surface area contributed by atoms with Crippen LogP contribution in [0.2, 0.25) is 0 Å². The molecule has 8 heavy (non-hydrogen) atoms. The van der Waals surface area contributed by atoms with Crippen molar-refractivity contribution in [3.05, 3.63) is 0 Å². The fourth-order valence-corrected chi connectivity index (χ4v) is 0.935. The van der Waals surface area contributed by atoms with Gasteiger partial charge in [0.15, 0.2) is 0 Å². The van der Waals surface area contributed by atoms with E-state index in [1.165, 1.54) is 0 Å². The van der Waals surface area contributed by atoms with E-state index in [9.17, 15) is 0 Å². The Morgan fingerprint density at radius 3 is 2.25 bits per heavy atom. The van der Waals surface area contributed by atoms with E-state index >= 15 is 0 Å². The molecule has 1 nitrogen and oxygen atoms in total. The van der Waals surface area contributed by atoms with Crippen LogP contribution in [0.1, 0.15) is 6.92 Å². The molecule has 0 bridgehead atoms. The fraction of sp³-hybridized carbons (Fsp3) is 1.00. The second-order valence-electron chi connectivity index (χ2n) is 1.52. The van der Waals surface area contributed by atoms with Crippen molar-refractivity contribution in [2.75, 3.05) is 19.0 Å². The van der Waals surface area contributed by atoms with E-state index in [-0.39, 0.29) is 3.41 Å². The van der Waals surface area contributed by atoms with Gasteiger partial charge in [0, 0.05) is 0 Å². The summed E-state index contributed by atoms with van der Waals surface area (Å²) in [7, 11) is 0. The van der Waals surface area contributed by atoms with Crippen molar-refractivity contribution in [2.45, 2.75) is 6.92 Å². The van der Waals surface area contributed by atoms with E-state index in [0.29, 0.717) is 12.4 Å². The molecule has 0 heterocycles. The average molecular weight is 174 g/mol. The van der Waals surface area contributed by atoms with Crippen LogP contribution in [0.25, 0.3) is 0 Å². The van der Waals surface area contributed by atoms with Gasteiger partial charge >= 0.3 is 0 Å². The van der Waals surface area contributed by atoms with Crippen LogP contribution in [0.15, 0.2) is 0 Å². The van der Waals surface area contributed by atoms with Crippen LogP contribution in [-0.4, -0.2) is 22.4 Å². The van der Waals surface area contributed by atoms with Crippen molar-refractivity contribution in [1.82, 2.24) is 0 Å². The molecule has 0 aromatic rings. The molecule has 0 rings (SSSR count). The molecule has 0 aliphatic carbocycles. The highest BCUT2D eigenvalue weighted by Crippen LogP contribution is 2.07. The number of hydrogen-bond acceptors (Lipinski definition) is 1. The third-order valence-electron chi connectivity index (χ3n) is 0.891. The first-order valence-corrected chi connectivity index (χ1v) is 3.70. The fourth-order valence-electron chi connectivity index (χ4n) is 0.284. The summed E-state index contributed by atoms with van der Waals surface area (Å²) in [5.41, 5.74) is 0. The van der Waals surface area contributed by atoms with Crippen molar-refractivity contribution in [3.8, 4) is 0 Å². The first kappa shape index (κ1) is 8.89. The van der Waals surface area contributed by atoms with Crippen molar-refractivity contribution in [1.29, 1.82) is 0 Å². The summed E-state index contributed by atoms with van der Waals surface area (Å²) in [4.78, 5) is 0. The van der Waals surface area contributed by atoms with E-state index in [0.717, 1.165) is 6.54 Å². The summed E-state index contributed by atoms with van der Waals surface area (Å²) in [6, 6.07) is 0. The van der Waals surface area contributed by atoms with Crippen molar-refractivity contribution < 1.29 is 3.41 Å². The first-order chi connectivity index (χ1) is 3.62. The quantitative estimate of drug-likeness (QED) is 0.356. The highest BCUT2D eigenvalue weighted by molar-refractivity contribution is 7.53. The Bertz CT molecular complexity index is 67.1. The maximum Gasteiger partial charge on any atom is 0.144 e. The highest BCUT2D eigenvalue weighted by Gasteiger charge is 2.05. The summed E-state index contributed by atoms with van der Waals surface area (Å²) < 4.78 is 0.0868. The molecule has 0 amide bonds. The van der Waals surface area contributed by atoms with Gasteiger partial charge in [-0.3, -0.25) is 0 Å². The molecule has 0 aliphatic rings. The zero-order chi connectivity index (χ0) is 6.62. The lowest BCUT2D eigenvalue weighted by Crippen LogP contribution is -2.32. The van der Waals surface area contributed by atoms with Crippen molar-refractivity contribution in [2.24, 2.45) is 0 Å². The molecule has 50 valence electrons. The second kappa shape index (κ2) is 3.83. The molecule has 0 saturated heterocycles. The molecule has 0 radical (unpaired) electrons. The van der Waals surface area contributed by atoms with Gasteiger partial charge in [0.1, 0.15) is 11.8 Å². The SMILES string of the molecule is CC[N+]([S-])(Cl)CCCl. The van der Waals surface area contributed by atoms with Gasteiger partial charge in [-0.15, -0.1) is 11.6 Å². The molecule has 0 aromatic carbocycles. The lowest BCUT2D eigenvalue weighted by atomic mass is 10.7. The zero-order valence-electron chi connectivity index (χ0n) is 4.73. The van der Waals surface area contributed by atoms with E-state index in [1.807, 2.05) is 6.92 Å². The van der Waals surface area contributed by atoms with Crippen molar-refractivity contribution in [3.63, 3.8) is 0 Å². The normalized spacial score (nSPS) is 18.0. The van der Waals surface area contributed by atoms with E-state index < -0.39 is 0 Å². The predicted molar refractivity (Wildman–Crippen MR) is 39.6 cm³/mol. The summed E-state index contributed by atoms with van der Waals surface area (Å²) in [6.07, 6.45) is 0. The monoisotopic (exact) mass is 173 g/mol. The number of hydrogen-bond donors (Lipinski definition) is 0. The molecule has 0 fully saturated rings. The number of alkyl halides is 1. The van der Waals surface area contributed by atoms with Crippen molar-refractivity contribution >= 4 is 36.2 Å². The average Bonchev–Trinajstić information content (AvgIpc) is 1.67. The highest BCUT2D eigenvalue weighted by atomic mass is 35.5. The predicted octanol–water partition coefficient (Wildman–Crippen LogP) is 1.68. The van der Waals surface area contributed by atoms with Crippen LogP contribution in [0.5, 0.6) is 0 Å². The summed E-state index contributed by atoms with van der Waals surface area (Å²) in [5.74, 6) is 0.529. The molecule has 0 aromatic heterocycles. The molecule has 0 aliphatic heterocycles. The number of rotatable bonds is 3. The minimum atomic E-state index is 0.0868. The molecule has 0 saturated carbocycles. The summed E-state index contributed by atoms with van der Waals surface area (Å²) in [6.45, 7) is 3.32. The van der Waals surface area contributed by atoms with Gasteiger partial charge in [-0.05, 0) is 6.92 Å². The van der Waals surface area contributed by atoms with Crippen LogP contribution < -0.4 is 0 Å². The van der Waals surface area contributed by atoms with E-state index in [1.54, 1.807) is 0 Å². The van der Waals surface area contributed by atoms with E-state index in [2.05, 4.69) is 0 Å². The van der Waals surface area contributed by atoms with Gasteiger partial charge in [0.25, 0.3) is 0 Å². The lowest BCUT2D eigenvalue weighted by molar-refractivity contribution is -0.661. The lowest BCUT2D eigenvalue weighted by Gasteiger charge is -2.32. The third-order valence-corrected chi connectivity index (χ3v) is 1.91. The molecule has 0 N–H and O–H groups in total. The Balaban J connectivity index is 3.37. The first-order valence-electron chi connectivity index (χ1n) is 2.46. The van der Waals surface area contributed by atoms with Crippen LogP contribution in [-0.2, 0) is 12.8 Å². The second-order valence-corrected chi connectivity index (χ2v) is 3.44. The molecule has 0 spiro atoms. The Morgan fingerprint density at radius 2 is 2.12 bits per heavy atom. The minimum absolute atomic E-state index is 0.0868.